The number of carbonyl (C=O) groups is 1. The smallest absolute Gasteiger partial charge is 0.233 e. The molecule has 0 spiro atoms. The Morgan fingerprint density at radius 2 is 1.74 bits per heavy atom. The molecule has 0 aliphatic carbocycles. The molecule has 1 fully saturated rings. The lowest BCUT2D eigenvalue weighted by Crippen LogP contribution is -2.44. The molecule has 0 radical (unpaired) electrons. The van der Waals surface area contributed by atoms with E-state index >= 15 is 0 Å². The summed E-state index contributed by atoms with van der Waals surface area (Å²) in [6.07, 6.45) is 0. The van der Waals surface area contributed by atoms with Crippen molar-refractivity contribution >= 4 is 29.3 Å². The zero-order valence-electron chi connectivity index (χ0n) is 26.5. The number of benzene rings is 3. The molecule has 3 aromatic carbocycles. The Morgan fingerprint density at radius 1 is 1.02 bits per heavy atom. The highest BCUT2D eigenvalue weighted by molar-refractivity contribution is 7.99. The van der Waals surface area contributed by atoms with Gasteiger partial charge in [0.05, 0.1) is 30.7 Å². The lowest BCUT2D eigenvalue weighted by Gasteiger charge is -2.36. The van der Waals surface area contributed by atoms with E-state index in [1.165, 1.54) is 23.4 Å². The predicted octanol–water partition coefficient (Wildman–Crippen LogP) is 7.52. The third-order valence-electron chi connectivity index (χ3n) is 8.26. The van der Waals surface area contributed by atoms with Gasteiger partial charge in [-0.2, -0.15) is 5.10 Å². The van der Waals surface area contributed by atoms with Crippen molar-refractivity contribution in [3.63, 3.8) is 0 Å². The summed E-state index contributed by atoms with van der Waals surface area (Å²) in [5, 5.41) is 15.0. The van der Waals surface area contributed by atoms with Crippen LogP contribution in [0.5, 0.6) is 0 Å². The van der Waals surface area contributed by atoms with Gasteiger partial charge in [0, 0.05) is 34.1 Å². The quantitative estimate of drug-likeness (QED) is 0.168. The molecule has 0 N–H and O–H groups in total. The molecule has 8 nitrogen and oxygen atoms in total. The molecule has 5 aromatic rings. The molecule has 1 saturated heterocycles. The van der Waals surface area contributed by atoms with Crippen molar-refractivity contribution in [3.8, 4) is 22.8 Å². The number of nitrogens with zero attached hydrogens (tertiary/aromatic N) is 6. The zero-order chi connectivity index (χ0) is 32.6. The summed E-state index contributed by atoms with van der Waals surface area (Å²) in [6, 6.07) is 22.0. The summed E-state index contributed by atoms with van der Waals surface area (Å²) < 4.78 is 24.1. The summed E-state index contributed by atoms with van der Waals surface area (Å²) in [7, 11) is 0. The molecule has 46 heavy (non-hydrogen) atoms. The molecule has 1 atom stereocenters. The fourth-order valence-corrected chi connectivity index (χ4v) is 6.80. The molecule has 238 valence electrons. The maximum absolute atomic E-state index is 14.7. The minimum absolute atomic E-state index is 0.0224. The highest BCUT2D eigenvalue weighted by Gasteiger charge is 2.33. The maximum atomic E-state index is 14.7. The molecule has 0 saturated carbocycles. The van der Waals surface area contributed by atoms with Gasteiger partial charge in [-0.3, -0.25) is 9.36 Å². The van der Waals surface area contributed by atoms with Crippen LogP contribution < -0.4 is 0 Å². The molecule has 6 rings (SSSR count). The predicted molar refractivity (Wildman–Crippen MR) is 179 cm³/mol. The number of amides is 1. The van der Waals surface area contributed by atoms with Gasteiger partial charge in [-0.25, -0.2) is 9.07 Å². The number of halogens is 2. The van der Waals surface area contributed by atoms with Gasteiger partial charge in [0.2, 0.25) is 5.91 Å². The molecule has 3 heterocycles. The highest BCUT2D eigenvalue weighted by atomic mass is 35.5. The van der Waals surface area contributed by atoms with Crippen LogP contribution in [0.1, 0.15) is 49.3 Å². The van der Waals surface area contributed by atoms with E-state index in [9.17, 15) is 9.18 Å². The van der Waals surface area contributed by atoms with Gasteiger partial charge in [-0.15, -0.1) is 10.2 Å². The summed E-state index contributed by atoms with van der Waals surface area (Å²) >= 11 is 7.55. The summed E-state index contributed by atoms with van der Waals surface area (Å²) in [4.78, 5) is 15.7. The summed E-state index contributed by atoms with van der Waals surface area (Å²) in [6.45, 7) is 11.5. The summed E-state index contributed by atoms with van der Waals surface area (Å²) in [5.74, 6) is 0.398. The Morgan fingerprint density at radius 3 is 2.43 bits per heavy atom. The van der Waals surface area contributed by atoms with Crippen LogP contribution in [0.15, 0.2) is 78.0 Å². The van der Waals surface area contributed by atoms with Gasteiger partial charge in [-0.1, -0.05) is 80.5 Å². The van der Waals surface area contributed by atoms with Crippen LogP contribution in [0.2, 0.25) is 5.02 Å². The van der Waals surface area contributed by atoms with Crippen LogP contribution in [0.4, 0.5) is 4.39 Å². The minimum atomic E-state index is -0.363. The molecule has 11 heteroatoms. The van der Waals surface area contributed by atoms with Gasteiger partial charge < -0.3 is 9.64 Å². The molecular formula is C35H36ClFN6O2S. The number of morpholine rings is 1. The number of para-hydroxylation sites is 1. The van der Waals surface area contributed by atoms with E-state index in [0.29, 0.717) is 41.4 Å². The molecule has 2 aromatic heterocycles. The van der Waals surface area contributed by atoms with Crippen molar-refractivity contribution in [2.45, 2.75) is 51.2 Å². The van der Waals surface area contributed by atoms with E-state index in [2.05, 4.69) is 60.3 Å². The Kier molecular flexibility index (Phi) is 9.05. The third-order valence-corrected chi connectivity index (χ3v) is 9.43. The average Bonchev–Trinajstić information content (AvgIpc) is 3.60. The number of thioether (sulfide) groups is 1. The van der Waals surface area contributed by atoms with Crippen molar-refractivity contribution in [1.29, 1.82) is 0 Å². The van der Waals surface area contributed by atoms with Gasteiger partial charge in [0.1, 0.15) is 11.5 Å². The first kappa shape index (κ1) is 32.0. The number of hydrogen-bond donors (Lipinski definition) is 0. The van der Waals surface area contributed by atoms with E-state index in [-0.39, 0.29) is 28.9 Å². The number of rotatable bonds is 7. The highest BCUT2D eigenvalue weighted by Crippen LogP contribution is 2.34. The fraction of sp³-hybridized carbons (Fsp3) is 0.314. The van der Waals surface area contributed by atoms with Gasteiger partial charge >= 0.3 is 0 Å². The standard InChI is InChI=1S/C35H36ClFN6O2S/c1-22-32(23(2)43(40-22)29-9-7-6-8-28(29)37)30-20-45-19-18-41(30)31(44)21-46-34-39-38-33(42(34)27-16-14-26(36)15-17-27)24-10-12-25(13-11-24)35(3,4)5/h6-17,30H,18-21H2,1-5H3. The lowest BCUT2D eigenvalue weighted by molar-refractivity contribution is -0.137. The van der Waals surface area contributed by atoms with Crippen LogP contribution >= 0.6 is 23.4 Å². The Labute approximate surface area is 277 Å². The molecule has 1 aliphatic heterocycles. The number of carbonyl (C=O) groups excluding carboxylic acids is 1. The van der Waals surface area contributed by atoms with Crippen LogP contribution in [0.3, 0.4) is 0 Å². The van der Waals surface area contributed by atoms with Crippen molar-refractivity contribution in [1.82, 2.24) is 29.4 Å². The van der Waals surface area contributed by atoms with Crippen molar-refractivity contribution < 1.29 is 13.9 Å². The largest absolute Gasteiger partial charge is 0.377 e. The van der Waals surface area contributed by atoms with Crippen molar-refractivity contribution in [2.24, 2.45) is 0 Å². The van der Waals surface area contributed by atoms with E-state index in [4.69, 9.17) is 16.3 Å². The third kappa shape index (κ3) is 6.34. The normalized spacial score (nSPS) is 15.4. The number of hydrogen-bond acceptors (Lipinski definition) is 6. The van der Waals surface area contributed by atoms with Gasteiger partial charge in [-0.05, 0) is 61.2 Å². The van der Waals surface area contributed by atoms with Crippen LogP contribution in [-0.2, 0) is 14.9 Å². The molecule has 1 amide bonds. The van der Waals surface area contributed by atoms with Crippen molar-refractivity contribution in [3.05, 3.63) is 106 Å². The van der Waals surface area contributed by atoms with Crippen LogP contribution in [-0.4, -0.2) is 60.9 Å². The van der Waals surface area contributed by atoms with E-state index in [1.54, 1.807) is 22.9 Å². The second-order valence-electron chi connectivity index (χ2n) is 12.4. The molecule has 1 unspecified atom stereocenters. The van der Waals surface area contributed by atoms with Gasteiger partial charge in [0.25, 0.3) is 0 Å². The minimum Gasteiger partial charge on any atom is -0.377 e. The number of aromatic nitrogens is 5. The van der Waals surface area contributed by atoms with Crippen molar-refractivity contribution in [2.75, 3.05) is 25.5 Å². The Bertz CT molecular complexity index is 1860. The summed E-state index contributed by atoms with van der Waals surface area (Å²) in [5.41, 5.74) is 5.74. The first-order valence-corrected chi connectivity index (χ1v) is 16.5. The van der Waals surface area contributed by atoms with Crippen LogP contribution in [0.25, 0.3) is 22.8 Å². The maximum Gasteiger partial charge on any atom is 0.233 e. The monoisotopic (exact) mass is 658 g/mol. The Hall–Kier alpha value is -3.99. The van der Waals surface area contributed by atoms with Crippen LogP contribution in [0, 0.1) is 19.7 Å². The van der Waals surface area contributed by atoms with E-state index in [0.717, 1.165) is 28.2 Å². The molecule has 0 bridgehead atoms. The Balaban J connectivity index is 1.28. The second kappa shape index (κ2) is 13.0. The fourth-order valence-electron chi connectivity index (χ4n) is 5.84. The lowest BCUT2D eigenvalue weighted by atomic mass is 9.87. The zero-order valence-corrected chi connectivity index (χ0v) is 28.1. The number of aryl methyl sites for hydroxylation is 1. The average molecular weight is 659 g/mol. The first-order chi connectivity index (χ1) is 22.0. The SMILES string of the molecule is Cc1nn(-c2ccccc2F)c(C)c1C1COCCN1C(=O)CSc1nnc(-c2ccc(C(C)(C)C)cc2)n1-c1ccc(Cl)cc1. The topological polar surface area (TPSA) is 78.1 Å². The molecular weight excluding hydrogens is 623 g/mol. The van der Waals surface area contributed by atoms with E-state index < -0.39 is 0 Å². The van der Waals surface area contributed by atoms with E-state index in [1.807, 2.05) is 47.6 Å². The molecule has 1 aliphatic rings. The second-order valence-corrected chi connectivity index (χ2v) is 13.7. The van der Waals surface area contributed by atoms with Gasteiger partial charge in [0.15, 0.2) is 11.0 Å². The first-order valence-electron chi connectivity index (χ1n) is 15.2. The number of ether oxygens (including phenoxy) is 1.